The quantitative estimate of drug-likeness (QED) is 0.824. The minimum Gasteiger partial charge on any atom is -0.486 e. The Hall–Kier alpha value is -0.780. The lowest BCUT2D eigenvalue weighted by atomic mass is 10.0. The SMILES string of the molecule is CC(CNC(CN)c1cc(Br)c2c(c1)OCCO2)C1CC1. The predicted octanol–water partition coefficient (Wildman–Crippen LogP) is 2.86. The zero-order chi connectivity index (χ0) is 14.8. The fraction of sp³-hybridized carbons (Fsp3) is 0.625. The number of nitrogens with one attached hydrogen (secondary N) is 1. The lowest BCUT2D eigenvalue weighted by Gasteiger charge is -2.24. The molecule has 3 rings (SSSR count). The Morgan fingerprint density at radius 3 is 2.81 bits per heavy atom. The molecule has 1 fully saturated rings. The first-order valence-electron chi connectivity index (χ1n) is 7.71. The van der Waals surface area contributed by atoms with Crippen molar-refractivity contribution in [2.45, 2.75) is 25.8 Å². The molecule has 2 aliphatic rings. The second kappa shape index (κ2) is 6.55. The molecule has 0 aromatic heterocycles. The Morgan fingerprint density at radius 1 is 1.33 bits per heavy atom. The Morgan fingerprint density at radius 2 is 2.10 bits per heavy atom. The van der Waals surface area contributed by atoms with Gasteiger partial charge in [-0.05, 0) is 64.8 Å². The van der Waals surface area contributed by atoms with E-state index in [1.54, 1.807) is 0 Å². The summed E-state index contributed by atoms with van der Waals surface area (Å²) in [5.74, 6) is 3.23. The largest absolute Gasteiger partial charge is 0.486 e. The van der Waals surface area contributed by atoms with Crippen LogP contribution in [0.5, 0.6) is 11.5 Å². The number of benzene rings is 1. The van der Waals surface area contributed by atoms with Crippen LogP contribution >= 0.6 is 15.9 Å². The molecule has 1 aliphatic carbocycles. The standard InChI is InChI=1S/C16H23BrN2O2/c1-10(11-2-3-11)9-19-14(8-18)12-6-13(17)16-15(7-12)20-4-5-21-16/h6-7,10-11,14,19H,2-5,8-9,18H2,1H3. The summed E-state index contributed by atoms with van der Waals surface area (Å²) in [5, 5.41) is 3.60. The normalized spacial score (nSPS) is 20.1. The van der Waals surface area contributed by atoms with Crippen LogP contribution in [-0.4, -0.2) is 26.3 Å². The molecule has 1 aliphatic heterocycles. The summed E-state index contributed by atoms with van der Waals surface area (Å²) in [6, 6.07) is 4.28. The van der Waals surface area contributed by atoms with E-state index >= 15 is 0 Å². The highest BCUT2D eigenvalue weighted by molar-refractivity contribution is 9.10. The molecule has 1 saturated carbocycles. The lowest BCUT2D eigenvalue weighted by molar-refractivity contribution is 0.170. The van der Waals surface area contributed by atoms with E-state index in [9.17, 15) is 0 Å². The molecule has 2 unspecified atom stereocenters. The Bertz CT molecular complexity index is 505. The van der Waals surface area contributed by atoms with Gasteiger partial charge in [0.2, 0.25) is 0 Å². The second-order valence-corrected chi connectivity index (χ2v) is 6.89. The van der Waals surface area contributed by atoms with Gasteiger partial charge in [-0.1, -0.05) is 6.92 Å². The third-order valence-electron chi connectivity index (χ3n) is 4.37. The van der Waals surface area contributed by atoms with Crippen LogP contribution in [0.1, 0.15) is 31.4 Å². The molecule has 21 heavy (non-hydrogen) atoms. The zero-order valence-corrected chi connectivity index (χ0v) is 14.0. The van der Waals surface area contributed by atoms with Gasteiger partial charge >= 0.3 is 0 Å². The first-order valence-corrected chi connectivity index (χ1v) is 8.51. The summed E-state index contributed by atoms with van der Waals surface area (Å²) >= 11 is 3.57. The van der Waals surface area contributed by atoms with Crippen LogP contribution in [0.3, 0.4) is 0 Å². The van der Waals surface area contributed by atoms with Crippen molar-refractivity contribution in [2.75, 3.05) is 26.3 Å². The number of rotatable bonds is 6. The molecule has 0 bridgehead atoms. The molecule has 0 amide bonds. The highest BCUT2D eigenvalue weighted by Crippen LogP contribution is 2.40. The van der Waals surface area contributed by atoms with Crippen LogP contribution in [0.25, 0.3) is 0 Å². The third-order valence-corrected chi connectivity index (χ3v) is 4.96. The Labute approximate surface area is 134 Å². The number of halogens is 1. The first-order chi connectivity index (χ1) is 10.2. The maximum atomic E-state index is 5.96. The third kappa shape index (κ3) is 3.52. The molecular weight excluding hydrogens is 332 g/mol. The number of fused-ring (bicyclic) bond motifs is 1. The van der Waals surface area contributed by atoms with Crippen LogP contribution in [0.15, 0.2) is 16.6 Å². The number of ether oxygens (including phenoxy) is 2. The van der Waals surface area contributed by atoms with Gasteiger partial charge in [0.25, 0.3) is 0 Å². The molecule has 0 saturated heterocycles. The summed E-state index contributed by atoms with van der Waals surface area (Å²) in [6.07, 6.45) is 2.76. The van der Waals surface area contributed by atoms with E-state index in [2.05, 4.69) is 34.2 Å². The van der Waals surface area contributed by atoms with Gasteiger partial charge in [0.05, 0.1) is 4.47 Å². The lowest BCUT2D eigenvalue weighted by Crippen LogP contribution is -2.32. The van der Waals surface area contributed by atoms with Crippen LogP contribution in [0.4, 0.5) is 0 Å². The monoisotopic (exact) mass is 354 g/mol. The summed E-state index contributed by atoms with van der Waals surface area (Å²) in [4.78, 5) is 0. The summed E-state index contributed by atoms with van der Waals surface area (Å²) in [7, 11) is 0. The van der Waals surface area contributed by atoms with Crippen LogP contribution in [-0.2, 0) is 0 Å². The first kappa shape index (κ1) is 15.1. The molecule has 1 aromatic carbocycles. The molecule has 4 nitrogen and oxygen atoms in total. The van der Waals surface area contributed by atoms with Gasteiger partial charge < -0.3 is 20.5 Å². The van der Waals surface area contributed by atoms with Crippen molar-refractivity contribution in [2.24, 2.45) is 17.6 Å². The smallest absolute Gasteiger partial charge is 0.175 e. The Balaban J connectivity index is 1.72. The van der Waals surface area contributed by atoms with Gasteiger partial charge in [-0.25, -0.2) is 0 Å². The van der Waals surface area contributed by atoms with Gasteiger partial charge in [0, 0.05) is 12.6 Å². The van der Waals surface area contributed by atoms with E-state index in [0.29, 0.717) is 19.8 Å². The van der Waals surface area contributed by atoms with Crippen LogP contribution in [0, 0.1) is 11.8 Å². The summed E-state index contributed by atoms with van der Waals surface area (Å²) < 4.78 is 12.3. The van der Waals surface area contributed by atoms with E-state index in [4.69, 9.17) is 15.2 Å². The predicted molar refractivity (Wildman–Crippen MR) is 86.8 cm³/mol. The number of hydrogen-bond donors (Lipinski definition) is 2. The molecule has 0 spiro atoms. The molecule has 1 aromatic rings. The average molecular weight is 355 g/mol. The van der Waals surface area contributed by atoms with Gasteiger partial charge in [0.15, 0.2) is 11.5 Å². The van der Waals surface area contributed by atoms with Crippen molar-refractivity contribution in [3.63, 3.8) is 0 Å². The van der Waals surface area contributed by atoms with E-state index in [1.807, 2.05) is 6.07 Å². The van der Waals surface area contributed by atoms with Crippen molar-refractivity contribution in [3.8, 4) is 11.5 Å². The molecule has 2 atom stereocenters. The van der Waals surface area contributed by atoms with E-state index in [0.717, 1.165) is 39.9 Å². The maximum absolute atomic E-state index is 5.96. The van der Waals surface area contributed by atoms with Crippen molar-refractivity contribution in [1.82, 2.24) is 5.32 Å². The molecule has 116 valence electrons. The summed E-state index contributed by atoms with van der Waals surface area (Å²) in [6.45, 7) is 5.10. The van der Waals surface area contributed by atoms with Crippen LogP contribution < -0.4 is 20.5 Å². The summed E-state index contributed by atoms with van der Waals surface area (Å²) in [5.41, 5.74) is 7.11. The van der Waals surface area contributed by atoms with Crippen molar-refractivity contribution >= 4 is 15.9 Å². The fourth-order valence-corrected chi connectivity index (χ4v) is 3.40. The van der Waals surface area contributed by atoms with E-state index < -0.39 is 0 Å². The number of nitrogens with two attached hydrogens (primary N) is 1. The highest BCUT2D eigenvalue weighted by Gasteiger charge is 2.28. The molecule has 1 heterocycles. The minimum absolute atomic E-state index is 0.151. The fourth-order valence-electron chi connectivity index (χ4n) is 2.83. The van der Waals surface area contributed by atoms with Gasteiger partial charge in [-0.15, -0.1) is 0 Å². The maximum Gasteiger partial charge on any atom is 0.175 e. The highest BCUT2D eigenvalue weighted by atomic mass is 79.9. The number of hydrogen-bond acceptors (Lipinski definition) is 4. The second-order valence-electron chi connectivity index (χ2n) is 6.04. The average Bonchev–Trinajstić information content (AvgIpc) is 3.32. The van der Waals surface area contributed by atoms with E-state index in [-0.39, 0.29) is 6.04 Å². The molecular formula is C16H23BrN2O2. The van der Waals surface area contributed by atoms with Crippen molar-refractivity contribution < 1.29 is 9.47 Å². The van der Waals surface area contributed by atoms with Crippen LogP contribution in [0.2, 0.25) is 0 Å². The molecule has 3 N–H and O–H groups in total. The minimum atomic E-state index is 0.151. The van der Waals surface area contributed by atoms with E-state index in [1.165, 1.54) is 12.8 Å². The Kier molecular flexibility index (Phi) is 4.72. The van der Waals surface area contributed by atoms with Crippen molar-refractivity contribution in [1.29, 1.82) is 0 Å². The van der Waals surface area contributed by atoms with Gasteiger partial charge in [-0.3, -0.25) is 0 Å². The van der Waals surface area contributed by atoms with Gasteiger partial charge in [0.1, 0.15) is 13.2 Å². The topological polar surface area (TPSA) is 56.5 Å². The molecule has 0 radical (unpaired) electrons. The molecule has 5 heteroatoms. The zero-order valence-electron chi connectivity index (χ0n) is 12.4. The van der Waals surface area contributed by atoms with Crippen molar-refractivity contribution in [3.05, 3.63) is 22.2 Å². The van der Waals surface area contributed by atoms with Gasteiger partial charge in [-0.2, -0.15) is 0 Å².